The summed E-state index contributed by atoms with van der Waals surface area (Å²) in [7, 11) is 0. The van der Waals surface area contributed by atoms with Crippen molar-refractivity contribution in [2.24, 2.45) is 11.7 Å². The maximum Gasteiger partial charge on any atom is 0.106 e. The molecule has 0 aliphatic heterocycles. The largest absolute Gasteiger partial charge is 0.313 e. The topological polar surface area (TPSA) is 49.8 Å². The highest BCUT2D eigenvalue weighted by Gasteiger charge is 2.33. The summed E-state index contributed by atoms with van der Waals surface area (Å²) >= 11 is 0. The zero-order valence-corrected chi connectivity index (χ0v) is 7.84. The molecule has 1 saturated carbocycles. The van der Waals surface area contributed by atoms with Crippen LogP contribution in [0.3, 0.4) is 0 Å². The number of rotatable bonds is 2. The van der Waals surface area contributed by atoms with Crippen molar-refractivity contribution in [2.45, 2.75) is 51.0 Å². The minimum absolute atomic E-state index is 0.446. The average Bonchev–Trinajstić information content (AvgIpc) is 2.18. The van der Waals surface area contributed by atoms with Gasteiger partial charge in [-0.15, -0.1) is 0 Å². The standard InChI is InChI=1S/C10H18N2/c1-2-10(12,8-11)9-6-4-3-5-7-9/h9H,2-7,12H2,1H3/t10-/m1/s1. The van der Waals surface area contributed by atoms with Crippen molar-refractivity contribution in [3.63, 3.8) is 0 Å². The molecule has 1 rings (SSSR count). The van der Waals surface area contributed by atoms with E-state index in [1.54, 1.807) is 0 Å². The molecule has 0 amide bonds. The number of nitrogens with two attached hydrogens (primary N) is 1. The average molecular weight is 166 g/mol. The number of nitriles is 1. The first-order valence-electron chi connectivity index (χ1n) is 4.93. The second-order valence-corrected chi connectivity index (χ2v) is 3.84. The molecular weight excluding hydrogens is 148 g/mol. The Morgan fingerprint density at radius 2 is 2.00 bits per heavy atom. The number of hydrogen-bond donors (Lipinski definition) is 1. The molecule has 1 atom stereocenters. The monoisotopic (exact) mass is 166 g/mol. The summed E-state index contributed by atoms with van der Waals surface area (Å²) in [6.07, 6.45) is 6.92. The van der Waals surface area contributed by atoms with E-state index in [9.17, 15) is 0 Å². The smallest absolute Gasteiger partial charge is 0.106 e. The minimum atomic E-state index is -0.541. The van der Waals surface area contributed by atoms with Gasteiger partial charge in [0.1, 0.15) is 5.54 Å². The van der Waals surface area contributed by atoms with Gasteiger partial charge in [0, 0.05) is 0 Å². The van der Waals surface area contributed by atoms with Crippen molar-refractivity contribution in [3.8, 4) is 6.07 Å². The van der Waals surface area contributed by atoms with Crippen molar-refractivity contribution >= 4 is 0 Å². The van der Waals surface area contributed by atoms with E-state index in [2.05, 4.69) is 6.07 Å². The molecule has 0 unspecified atom stereocenters. The molecule has 0 bridgehead atoms. The third-order valence-electron chi connectivity index (χ3n) is 3.13. The number of hydrogen-bond acceptors (Lipinski definition) is 2. The van der Waals surface area contributed by atoms with Gasteiger partial charge in [-0.1, -0.05) is 26.2 Å². The van der Waals surface area contributed by atoms with Crippen molar-refractivity contribution in [3.05, 3.63) is 0 Å². The van der Waals surface area contributed by atoms with E-state index >= 15 is 0 Å². The Hall–Kier alpha value is -0.550. The van der Waals surface area contributed by atoms with Gasteiger partial charge < -0.3 is 5.73 Å². The van der Waals surface area contributed by atoms with Crippen LogP contribution in [0.1, 0.15) is 45.4 Å². The predicted octanol–water partition coefficient (Wildman–Crippen LogP) is 2.20. The molecule has 1 aliphatic rings. The van der Waals surface area contributed by atoms with E-state index in [-0.39, 0.29) is 0 Å². The summed E-state index contributed by atoms with van der Waals surface area (Å²) in [5.41, 5.74) is 5.47. The fourth-order valence-electron chi connectivity index (χ4n) is 2.08. The molecule has 1 aliphatic carbocycles. The van der Waals surface area contributed by atoms with Crippen molar-refractivity contribution in [2.75, 3.05) is 0 Å². The van der Waals surface area contributed by atoms with Crippen LogP contribution < -0.4 is 5.73 Å². The third-order valence-corrected chi connectivity index (χ3v) is 3.13. The summed E-state index contributed by atoms with van der Waals surface area (Å²) < 4.78 is 0. The highest BCUT2D eigenvalue weighted by molar-refractivity contribution is 5.08. The summed E-state index contributed by atoms with van der Waals surface area (Å²) in [6, 6.07) is 2.28. The van der Waals surface area contributed by atoms with Gasteiger partial charge in [-0.05, 0) is 25.2 Å². The highest BCUT2D eigenvalue weighted by atomic mass is 14.8. The molecule has 2 N–H and O–H groups in total. The molecule has 2 nitrogen and oxygen atoms in total. The Labute approximate surface area is 74.8 Å². The van der Waals surface area contributed by atoms with Gasteiger partial charge in [-0.25, -0.2) is 0 Å². The van der Waals surface area contributed by atoms with Crippen LogP contribution in [0.4, 0.5) is 0 Å². The Bertz CT molecular complexity index is 177. The first-order chi connectivity index (χ1) is 5.73. The van der Waals surface area contributed by atoms with Gasteiger partial charge in [0.15, 0.2) is 0 Å². The lowest BCUT2D eigenvalue weighted by atomic mass is 9.75. The molecule has 0 aromatic heterocycles. The second-order valence-electron chi connectivity index (χ2n) is 3.84. The Kier molecular flexibility index (Phi) is 3.11. The quantitative estimate of drug-likeness (QED) is 0.683. The molecule has 1 fully saturated rings. The van der Waals surface area contributed by atoms with Crippen LogP contribution in [-0.4, -0.2) is 5.54 Å². The molecule has 0 saturated heterocycles. The maximum atomic E-state index is 8.96. The van der Waals surface area contributed by atoms with Crippen LogP contribution in [0.5, 0.6) is 0 Å². The molecule has 0 aromatic carbocycles. The van der Waals surface area contributed by atoms with Crippen LogP contribution in [0.2, 0.25) is 0 Å². The molecule has 12 heavy (non-hydrogen) atoms. The fraction of sp³-hybridized carbons (Fsp3) is 0.900. The first-order valence-corrected chi connectivity index (χ1v) is 4.93. The van der Waals surface area contributed by atoms with Gasteiger partial charge in [-0.3, -0.25) is 0 Å². The van der Waals surface area contributed by atoms with E-state index in [1.165, 1.54) is 19.3 Å². The Morgan fingerprint density at radius 1 is 1.42 bits per heavy atom. The van der Waals surface area contributed by atoms with Crippen LogP contribution in [0, 0.1) is 17.2 Å². The van der Waals surface area contributed by atoms with E-state index in [0.29, 0.717) is 5.92 Å². The van der Waals surface area contributed by atoms with E-state index < -0.39 is 5.54 Å². The van der Waals surface area contributed by atoms with Gasteiger partial charge in [0.25, 0.3) is 0 Å². The molecule has 0 radical (unpaired) electrons. The van der Waals surface area contributed by atoms with E-state index in [4.69, 9.17) is 11.0 Å². The van der Waals surface area contributed by atoms with Crippen molar-refractivity contribution in [1.29, 1.82) is 5.26 Å². The fourth-order valence-corrected chi connectivity index (χ4v) is 2.08. The normalized spacial score (nSPS) is 24.4. The van der Waals surface area contributed by atoms with Gasteiger partial charge >= 0.3 is 0 Å². The summed E-state index contributed by atoms with van der Waals surface area (Å²) in [6.45, 7) is 2.01. The van der Waals surface area contributed by atoms with Crippen molar-refractivity contribution in [1.82, 2.24) is 0 Å². The molecule has 0 spiro atoms. The SMILES string of the molecule is CC[C@@](N)(C#N)C1CCCCC1. The summed E-state index contributed by atoms with van der Waals surface area (Å²) in [5, 5.41) is 8.96. The lowest BCUT2D eigenvalue weighted by Crippen LogP contribution is -2.46. The van der Waals surface area contributed by atoms with Crippen LogP contribution >= 0.6 is 0 Å². The Morgan fingerprint density at radius 3 is 2.42 bits per heavy atom. The molecule has 0 aromatic rings. The first kappa shape index (κ1) is 9.54. The van der Waals surface area contributed by atoms with Gasteiger partial charge in [-0.2, -0.15) is 5.26 Å². The molecule has 68 valence electrons. The lowest BCUT2D eigenvalue weighted by molar-refractivity contribution is 0.248. The van der Waals surface area contributed by atoms with E-state index in [0.717, 1.165) is 19.3 Å². The van der Waals surface area contributed by atoms with Gasteiger partial charge in [0.2, 0.25) is 0 Å². The van der Waals surface area contributed by atoms with Crippen LogP contribution in [-0.2, 0) is 0 Å². The van der Waals surface area contributed by atoms with Crippen LogP contribution in [0.15, 0.2) is 0 Å². The third kappa shape index (κ3) is 1.78. The second kappa shape index (κ2) is 3.91. The molecule has 0 heterocycles. The Balaban J connectivity index is 2.59. The lowest BCUT2D eigenvalue weighted by Gasteiger charge is -2.33. The van der Waals surface area contributed by atoms with E-state index in [1.807, 2.05) is 6.92 Å². The minimum Gasteiger partial charge on any atom is -0.313 e. The maximum absolute atomic E-state index is 8.96. The number of nitrogens with zero attached hydrogens (tertiary/aromatic N) is 1. The summed E-state index contributed by atoms with van der Waals surface area (Å²) in [5.74, 6) is 0.446. The van der Waals surface area contributed by atoms with Gasteiger partial charge in [0.05, 0.1) is 6.07 Å². The zero-order chi connectivity index (χ0) is 9.03. The highest BCUT2D eigenvalue weighted by Crippen LogP contribution is 2.32. The zero-order valence-electron chi connectivity index (χ0n) is 7.84. The molecular formula is C10H18N2. The summed E-state index contributed by atoms with van der Waals surface area (Å²) in [4.78, 5) is 0. The van der Waals surface area contributed by atoms with Crippen molar-refractivity contribution < 1.29 is 0 Å². The van der Waals surface area contributed by atoms with Crippen LogP contribution in [0.25, 0.3) is 0 Å². The predicted molar refractivity (Wildman–Crippen MR) is 49.4 cm³/mol. The molecule has 2 heteroatoms.